The zero-order chi connectivity index (χ0) is 24.5. The molecule has 0 bridgehead atoms. The van der Waals surface area contributed by atoms with Crippen LogP contribution in [0.4, 0.5) is 0 Å². The van der Waals surface area contributed by atoms with Gasteiger partial charge in [-0.15, -0.1) is 0 Å². The lowest BCUT2D eigenvalue weighted by atomic mass is 10.1. The molecule has 178 valence electrons. The minimum atomic E-state index is 0.404. The molecular weight excluding hydrogens is 472 g/mol. The van der Waals surface area contributed by atoms with E-state index in [1.165, 1.54) is 0 Å². The topological polar surface area (TPSA) is 82.2 Å². The smallest absolute Gasteiger partial charge is 0.216 e. The van der Waals surface area contributed by atoms with Gasteiger partial charge in [0.15, 0.2) is 17.3 Å². The zero-order valence-corrected chi connectivity index (χ0v) is 20.3. The summed E-state index contributed by atoms with van der Waals surface area (Å²) in [7, 11) is 0. The first-order valence-electron chi connectivity index (χ1n) is 11.5. The molecule has 0 saturated heterocycles. The van der Waals surface area contributed by atoms with Crippen LogP contribution in [0.25, 0.3) is 28.3 Å². The van der Waals surface area contributed by atoms with Crippen LogP contribution in [0.2, 0.25) is 0 Å². The molecule has 6 rings (SSSR count). The molecule has 0 amide bonds. The first-order chi connectivity index (χ1) is 17.7. The summed E-state index contributed by atoms with van der Waals surface area (Å²) in [6.45, 7) is 3.09. The first-order valence-corrected chi connectivity index (χ1v) is 11.9. The number of hydrogen-bond donors (Lipinski definition) is 1. The Morgan fingerprint density at radius 3 is 2.58 bits per heavy atom. The number of ether oxygens (including phenoxy) is 2. The van der Waals surface area contributed by atoms with Gasteiger partial charge < -0.3 is 9.47 Å². The quantitative estimate of drug-likeness (QED) is 0.261. The minimum Gasteiger partial charge on any atom is -0.486 e. The lowest BCUT2D eigenvalue weighted by Crippen LogP contribution is -2.15. The Morgan fingerprint density at radius 1 is 0.972 bits per heavy atom. The van der Waals surface area contributed by atoms with Crippen LogP contribution in [0.3, 0.4) is 0 Å². The number of aryl methyl sites for hydroxylation is 1. The first kappa shape index (κ1) is 22.0. The van der Waals surface area contributed by atoms with Gasteiger partial charge >= 0.3 is 0 Å². The zero-order valence-electron chi connectivity index (χ0n) is 19.5. The number of nitrogens with zero attached hydrogens (tertiary/aromatic N) is 5. The van der Waals surface area contributed by atoms with Crippen molar-refractivity contribution in [1.82, 2.24) is 24.7 Å². The van der Waals surface area contributed by atoms with Crippen molar-refractivity contribution in [2.75, 3.05) is 13.2 Å². The summed E-state index contributed by atoms with van der Waals surface area (Å²) in [5.41, 5.74) is 5.44. The summed E-state index contributed by atoms with van der Waals surface area (Å²) in [5, 5.41) is 16.9. The Balaban J connectivity index is 1.46. The highest BCUT2D eigenvalue weighted by molar-refractivity contribution is 7.71. The second-order valence-corrected chi connectivity index (χ2v) is 8.68. The molecule has 0 saturated carbocycles. The highest BCUT2D eigenvalue weighted by Gasteiger charge is 2.17. The summed E-state index contributed by atoms with van der Waals surface area (Å²) in [6.07, 6.45) is 3.70. The Morgan fingerprint density at radius 2 is 1.75 bits per heavy atom. The van der Waals surface area contributed by atoms with E-state index in [2.05, 4.69) is 10.2 Å². The molecule has 0 spiro atoms. The number of benzene rings is 3. The van der Waals surface area contributed by atoms with Crippen LogP contribution in [0.15, 0.2) is 84.1 Å². The van der Waals surface area contributed by atoms with Gasteiger partial charge in [-0.1, -0.05) is 42.5 Å². The van der Waals surface area contributed by atoms with Crippen LogP contribution in [0.1, 0.15) is 11.1 Å². The van der Waals surface area contributed by atoms with Crippen LogP contribution in [-0.4, -0.2) is 44.1 Å². The third-order valence-electron chi connectivity index (χ3n) is 5.93. The van der Waals surface area contributed by atoms with E-state index in [9.17, 15) is 0 Å². The second kappa shape index (κ2) is 9.27. The SMILES string of the molecule is Cc1ccccc1-c1n[nH]c(=S)n1N=Cc1cn(-c2ccccc2)nc1-c1ccc2c(c1)OCCO2. The molecular formula is C27H22N6O2S. The van der Waals surface area contributed by atoms with E-state index < -0.39 is 0 Å². The molecule has 0 fully saturated rings. The van der Waals surface area contributed by atoms with Gasteiger partial charge in [-0.2, -0.15) is 20.0 Å². The van der Waals surface area contributed by atoms with Crippen LogP contribution in [0, 0.1) is 11.7 Å². The molecule has 9 heteroatoms. The number of fused-ring (bicyclic) bond motifs is 1. The van der Waals surface area contributed by atoms with Crippen LogP contribution in [-0.2, 0) is 0 Å². The molecule has 1 N–H and O–H groups in total. The molecule has 2 aromatic heterocycles. The summed E-state index contributed by atoms with van der Waals surface area (Å²) in [4.78, 5) is 0. The van der Waals surface area contributed by atoms with E-state index in [0.29, 0.717) is 29.6 Å². The Hall–Kier alpha value is -4.50. The monoisotopic (exact) mass is 494 g/mol. The van der Waals surface area contributed by atoms with Gasteiger partial charge in [0.25, 0.3) is 0 Å². The third-order valence-corrected chi connectivity index (χ3v) is 6.19. The van der Waals surface area contributed by atoms with E-state index in [1.807, 2.05) is 90.6 Å². The number of hydrogen-bond acceptors (Lipinski definition) is 6. The summed E-state index contributed by atoms with van der Waals surface area (Å²) >= 11 is 5.49. The van der Waals surface area contributed by atoms with Crippen LogP contribution in [0.5, 0.6) is 11.5 Å². The van der Waals surface area contributed by atoms with E-state index in [-0.39, 0.29) is 0 Å². The van der Waals surface area contributed by atoms with E-state index in [1.54, 1.807) is 10.9 Å². The molecule has 0 aliphatic carbocycles. The molecule has 3 heterocycles. The van der Waals surface area contributed by atoms with Gasteiger partial charge in [-0.3, -0.25) is 0 Å². The van der Waals surface area contributed by atoms with Crippen molar-refractivity contribution in [3.05, 3.63) is 94.9 Å². The Bertz CT molecular complexity index is 1630. The van der Waals surface area contributed by atoms with E-state index in [0.717, 1.165) is 39.4 Å². The fraction of sp³-hybridized carbons (Fsp3) is 0.111. The summed E-state index contributed by atoms with van der Waals surface area (Å²) in [5.74, 6) is 2.08. The highest BCUT2D eigenvalue weighted by atomic mass is 32.1. The lowest BCUT2D eigenvalue weighted by molar-refractivity contribution is 0.171. The fourth-order valence-corrected chi connectivity index (χ4v) is 4.31. The normalized spacial score (nSPS) is 12.8. The molecule has 0 radical (unpaired) electrons. The standard InChI is InChI=1S/C27H22N6O2S/c1-18-7-5-6-10-22(18)26-29-30-27(36)33(26)28-16-20-17-32(21-8-3-2-4-9-21)31-25(20)19-11-12-23-24(15-19)35-14-13-34-23/h2-12,15-17H,13-14H2,1H3,(H,30,36). The van der Waals surface area contributed by atoms with Gasteiger partial charge in [0.05, 0.1) is 11.9 Å². The summed E-state index contributed by atoms with van der Waals surface area (Å²) < 4.78 is 15.4. The maximum absolute atomic E-state index is 5.80. The van der Waals surface area contributed by atoms with Crippen molar-refractivity contribution < 1.29 is 9.47 Å². The van der Waals surface area contributed by atoms with Crippen molar-refractivity contribution in [2.24, 2.45) is 5.10 Å². The number of nitrogens with one attached hydrogen (secondary N) is 1. The molecule has 5 aromatic rings. The van der Waals surface area contributed by atoms with Gasteiger partial charge in [-0.25, -0.2) is 9.78 Å². The largest absolute Gasteiger partial charge is 0.486 e. The van der Waals surface area contributed by atoms with Crippen molar-refractivity contribution in [3.8, 4) is 39.8 Å². The number of aromatic amines is 1. The predicted molar refractivity (Wildman–Crippen MR) is 141 cm³/mol. The van der Waals surface area contributed by atoms with E-state index in [4.69, 9.17) is 31.9 Å². The van der Waals surface area contributed by atoms with Crippen molar-refractivity contribution in [1.29, 1.82) is 0 Å². The van der Waals surface area contributed by atoms with Crippen molar-refractivity contribution >= 4 is 18.4 Å². The molecule has 3 aromatic carbocycles. The molecule has 1 aliphatic rings. The maximum Gasteiger partial charge on any atom is 0.216 e. The second-order valence-electron chi connectivity index (χ2n) is 8.30. The minimum absolute atomic E-state index is 0.404. The molecule has 0 atom stereocenters. The molecule has 1 aliphatic heterocycles. The fourth-order valence-electron chi connectivity index (χ4n) is 4.13. The van der Waals surface area contributed by atoms with Crippen molar-refractivity contribution in [2.45, 2.75) is 6.92 Å². The molecule has 8 nitrogen and oxygen atoms in total. The van der Waals surface area contributed by atoms with E-state index >= 15 is 0 Å². The van der Waals surface area contributed by atoms with Gasteiger partial charge in [0.2, 0.25) is 4.77 Å². The predicted octanol–water partition coefficient (Wildman–Crippen LogP) is 5.42. The number of rotatable bonds is 5. The van der Waals surface area contributed by atoms with Gasteiger partial charge in [0.1, 0.15) is 18.9 Å². The third kappa shape index (κ3) is 4.09. The maximum atomic E-state index is 5.80. The molecule has 0 unspecified atom stereocenters. The van der Waals surface area contributed by atoms with Crippen LogP contribution < -0.4 is 9.47 Å². The molecule has 36 heavy (non-hydrogen) atoms. The average molecular weight is 495 g/mol. The number of H-pyrrole nitrogens is 1. The summed E-state index contributed by atoms with van der Waals surface area (Å²) in [6, 6.07) is 23.8. The average Bonchev–Trinajstić information content (AvgIpc) is 3.51. The van der Waals surface area contributed by atoms with Crippen molar-refractivity contribution in [3.63, 3.8) is 0 Å². The Labute approximate surface area is 212 Å². The Kier molecular flexibility index (Phi) is 5.67. The number of aromatic nitrogens is 5. The lowest BCUT2D eigenvalue weighted by Gasteiger charge is -2.18. The van der Waals surface area contributed by atoms with Gasteiger partial charge in [0, 0.05) is 22.9 Å². The highest BCUT2D eigenvalue weighted by Crippen LogP contribution is 2.35. The number of para-hydroxylation sites is 1. The van der Waals surface area contributed by atoms with Gasteiger partial charge in [-0.05, 0) is 55.0 Å². The van der Waals surface area contributed by atoms with Crippen LogP contribution >= 0.6 is 12.2 Å².